The Morgan fingerprint density at radius 1 is 1.19 bits per heavy atom. The molecule has 1 saturated carbocycles. The van der Waals surface area contributed by atoms with Crippen molar-refractivity contribution in [2.45, 2.75) is 54.8 Å². The van der Waals surface area contributed by atoms with E-state index in [0.717, 1.165) is 17.9 Å². The molecule has 1 aromatic heterocycles. The maximum atomic E-state index is 12.6. The number of aromatic nitrogens is 1. The first kappa shape index (κ1) is 17.6. The molecule has 2 aliphatic rings. The normalized spacial score (nSPS) is 24.8. The second kappa shape index (κ2) is 8.23. The zero-order chi connectivity index (χ0) is 17.8. The van der Waals surface area contributed by atoms with Crippen LogP contribution in [-0.2, 0) is 10.5 Å². The number of nitrogens with zero attached hydrogens (tertiary/aromatic N) is 1. The van der Waals surface area contributed by atoms with E-state index < -0.39 is 0 Å². The average molecular weight is 368 g/mol. The number of fused-ring (bicyclic) bond motifs is 1. The van der Waals surface area contributed by atoms with Crippen molar-refractivity contribution in [3.05, 3.63) is 54.4 Å². The van der Waals surface area contributed by atoms with Crippen LogP contribution in [-0.4, -0.2) is 23.0 Å². The van der Waals surface area contributed by atoms with Gasteiger partial charge < -0.3 is 10.6 Å². The molecule has 0 radical (unpaired) electrons. The monoisotopic (exact) mass is 367 g/mol. The minimum Gasteiger partial charge on any atom is -0.325 e. The van der Waals surface area contributed by atoms with Crippen molar-refractivity contribution in [1.29, 1.82) is 0 Å². The van der Waals surface area contributed by atoms with Gasteiger partial charge in [-0.2, -0.15) is 0 Å². The van der Waals surface area contributed by atoms with Crippen LogP contribution in [0.5, 0.6) is 0 Å². The molecule has 5 heteroatoms. The molecule has 1 aromatic carbocycles. The quantitative estimate of drug-likeness (QED) is 0.777. The summed E-state index contributed by atoms with van der Waals surface area (Å²) in [5.74, 6) is 1.69. The predicted molar refractivity (Wildman–Crippen MR) is 106 cm³/mol. The van der Waals surface area contributed by atoms with E-state index in [1.54, 1.807) is 18.0 Å². The number of pyridine rings is 1. The molecule has 1 aliphatic carbocycles. The summed E-state index contributed by atoms with van der Waals surface area (Å²) >= 11 is 1.77. The van der Waals surface area contributed by atoms with Gasteiger partial charge in [0.2, 0.25) is 5.91 Å². The summed E-state index contributed by atoms with van der Waals surface area (Å²) < 4.78 is 0. The van der Waals surface area contributed by atoms with Gasteiger partial charge in [-0.1, -0.05) is 18.9 Å². The molecular weight excluding hydrogens is 342 g/mol. The molecule has 4 nitrogen and oxygen atoms in total. The van der Waals surface area contributed by atoms with Crippen molar-refractivity contribution in [1.82, 2.24) is 10.3 Å². The first-order valence-corrected chi connectivity index (χ1v) is 10.5. The Morgan fingerprint density at radius 2 is 2.04 bits per heavy atom. The van der Waals surface area contributed by atoms with Gasteiger partial charge in [-0.3, -0.25) is 9.78 Å². The number of nitrogens with one attached hydrogen (secondary N) is 2. The Morgan fingerprint density at radius 3 is 2.81 bits per heavy atom. The highest BCUT2D eigenvalue weighted by Crippen LogP contribution is 2.33. The third kappa shape index (κ3) is 4.27. The molecule has 2 fully saturated rings. The summed E-state index contributed by atoms with van der Waals surface area (Å²) in [5, 5.41) is 6.61. The Bertz CT molecular complexity index is 721. The van der Waals surface area contributed by atoms with Crippen molar-refractivity contribution in [3.63, 3.8) is 0 Å². The van der Waals surface area contributed by atoms with Gasteiger partial charge in [-0.05, 0) is 61.1 Å². The molecular formula is C21H25N3OS. The van der Waals surface area contributed by atoms with E-state index in [0.29, 0.717) is 12.0 Å². The molecule has 1 amide bonds. The fraction of sp³-hybridized carbons (Fsp3) is 0.429. The van der Waals surface area contributed by atoms with Gasteiger partial charge in [0, 0.05) is 34.8 Å². The summed E-state index contributed by atoms with van der Waals surface area (Å²) in [6.07, 6.45) is 9.76. The minimum atomic E-state index is -0.0391. The first-order chi connectivity index (χ1) is 12.8. The lowest BCUT2D eigenvalue weighted by molar-refractivity contribution is -0.117. The van der Waals surface area contributed by atoms with E-state index >= 15 is 0 Å². The van der Waals surface area contributed by atoms with Crippen LogP contribution in [0.1, 0.15) is 37.7 Å². The maximum Gasteiger partial charge on any atom is 0.241 e. The van der Waals surface area contributed by atoms with E-state index in [9.17, 15) is 4.79 Å². The fourth-order valence-corrected chi connectivity index (χ4v) is 4.87. The van der Waals surface area contributed by atoms with Crippen LogP contribution in [0.2, 0.25) is 0 Å². The van der Waals surface area contributed by atoms with Gasteiger partial charge in [-0.15, -0.1) is 11.8 Å². The van der Waals surface area contributed by atoms with E-state index in [4.69, 9.17) is 0 Å². The second-order valence-electron chi connectivity index (χ2n) is 7.27. The highest BCUT2D eigenvalue weighted by molar-refractivity contribution is 7.98. The number of thioether (sulfide) groups is 1. The molecule has 2 aromatic rings. The van der Waals surface area contributed by atoms with Crippen molar-refractivity contribution in [2.75, 3.05) is 5.32 Å². The molecule has 3 atom stereocenters. The third-order valence-corrected chi connectivity index (χ3v) is 6.51. The van der Waals surface area contributed by atoms with Crippen LogP contribution in [0.15, 0.2) is 53.7 Å². The van der Waals surface area contributed by atoms with Crippen LogP contribution < -0.4 is 10.6 Å². The Hall–Kier alpha value is -1.85. The van der Waals surface area contributed by atoms with E-state index in [2.05, 4.69) is 33.8 Å². The van der Waals surface area contributed by atoms with Crippen LogP contribution in [0.25, 0.3) is 0 Å². The SMILES string of the molecule is O=C(Nc1ccc(SCc2cccnc2)cc1)C1CC2CCCCC2N1. The number of rotatable bonds is 5. The van der Waals surface area contributed by atoms with Gasteiger partial charge in [0.25, 0.3) is 0 Å². The van der Waals surface area contributed by atoms with Crippen molar-refractivity contribution < 1.29 is 4.79 Å². The summed E-state index contributed by atoms with van der Waals surface area (Å²) in [6, 6.07) is 12.7. The Kier molecular flexibility index (Phi) is 5.56. The number of amides is 1. The molecule has 0 spiro atoms. The van der Waals surface area contributed by atoms with Gasteiger partial charge in [0.15, 0.2) is 0 Å². The average Bonchev–Trinajstić information content (AvgIpc) is 3.13. The van der Waals surface area contributed by atoms with Gasteiger partial charge in [-0.25, -0.2) is 0 Å². The lowest BCUT2D eigenvalue weighted by Gasteiger charge is -2.24. The van der Waals surface area contributed by atoms with Gasteiger partial charge in [0.1, 0.15) is 0 Å². The molecule has 2 heterocycles. The number of hydrogen-bond donors (Lipinski definition) is 2. The molecule has 1 aliphatic heterocycles. The zero-order valence-electron chi connectivity index (χ0n) is 14.9. The number of carbonyl (C=O) groups is 1. The van der Waals surface area contributed by atoms with Crippen molar-refractivity contribution in [2.24, 2.45) is 5.92 Å². The predicted octanol–water partition coefficient (Wildman–Crippen LogP) is 4.23. The van der Waals surface area contributed by atoms with Gasteiger partial charge >= 0.3 is 0 Å². The standard InChI is InChI=1S/C21H25N3OS/c25-21(20-12-16-5-1-2-6-19(16)24-20)23-17-7-9-18(10-8-17)26-14-15-4-3-11-22-13-15/h3-4,7-11,13,16,19-20,24H,1-2,5-6,12,14H2,(H,23,25). The molecule has 3 unspecified atom stereocenters. The van der Waals surface area contributed by atoms with Crippen LogP contribution in [0, 0.1) is 5.92 Å². The lowest BCUT2D eigenvalue weighted by Crippen LogP contribution is -2.39. The Labute approximate surface area is 159 Å². The van der Waals surface area contributed by atoms with E-state index in [1.165, 1.54) is 36.1 Å². The zero-order valence-corrected chi connectivity index (χ0v) is 15.7. The van der Waals surface area contributed by atoms with Crippen molar-refractivity contribution >= 4 is 23.4 Å². The Balaban J connectivity index is 1.29. The fourth-order valence-electron chi connectivity index (χ4n) is 4.04. The molecule has 26 heavy (non-hydrogen) atoms. The highest BCUT2D eigenvalue weighted by Gasteiger charge is 2.38. The molecule has 1 saturated heterocycles. The van der Waals surface area contributed by atoms with Crippen LogP contribution >= 0.6 is 11.8 Å². The molecule has 0 bridgehead atoms. The maximum absolute atomic E-state index is 12.6. The largest absolute Gasteiger partial charge is 0.325 e. The van der Waals surface area contributed by atoms with Crippen LogP contribution in [0.3, 0.4) is 0 Å². The number of anilines is 1. The molecule has 2 N–H and O–H groups in total. The van der Waals surface area contributed by atoms with E-state index in [1.807, 2.05) is 24.4 Å². The molecule has 4 rings (SSSR count). The first-order valence-electron chi connectivity index (χ1n) is 9.46. The van der Waals surface area contributed by atoms with Gasteiger partial charge in [0.05, 0.1) is 6.04 Å². The van der Waals surface area contributed by atoms with E-state index in [-0.39, 0.29) is 11.9 Å². The lowest BCUT2D eigenvalue weighted by atomic mass is 9.85. The number of benzene rings is 1. The second-order valence-corrected chi connectivity index (χ2v) is 8.32. The van der Waals surface area contributed by atoms with Crippen molar-refractivity contribution in [3.8, 4) is 0 Å². The highest BCUT2D eigenvalue weighted by atomic mass is 32.2. The van der Waals surface area contributed by atoms with Crippen LogP contribution in [0.4, 0.5) is 5.69 Å². The topological polar surface area (TPSA) is 54.0 Å². The summed E-state index contributed by atoms with van der Waals surface area (Å²) in [4.78, 5) is 17.9. The summed E-state index contributed by atoms with van der Waals surface area (Å²) in [5.41, 5.74) is 2.08. The molecule has 136 valence electrons. The summed E-state index contributed by atoms with van der Waals surface area (Å²) in [7, 11) is 0. The smallest absolute Gasteiger partial charge is 0.241 e. The number of carbonyl (C=O) groups excluding carboxylic acids is 1. The summed E-state index contributed by atoms with van der Waals surface area (Å²) in [6.45, 7) is 0. The third-order valence-electron chi connectivity index (χ3n) is 5.43. The minimum absolute atomic E-state index is 0.0391. The number of hydrogen-bond acceptors (Lipinski definition) is 4.